The molecule has 0 aromatic carbocycles. The van der Waals surface area contributed by atoms with E-state index < -0.39 is 26.1 Å². The molecule has 1 rings (SSSR count). The number of alkyl halides is 2. The fourth-order valence-corrected chi connectivity index (χ4v) is 1.24. The minimum Gasteiger partial charge on any atom is -0.462 e. The molecule has 12 heavy (non-hydrogen) atoms. The van der Waals surface area contributed by atoms with Crippen molar-refractivity contribution in [3.8, 4) is 0 Å². The summed E-state index contributed by atoms with van der Waals surface area (Å²) < 4.78 is 49.0. The largest absolute Gasteiger partial charge is 0.462 e. The fraction of sp³-hybridized carbons (Fsp3) is 0.200. The highest BCUT2D eigenvalue weighted by Crippen LogP contribution is 2.25. The highest BCUT2D eigenvalue weighted by molar-refractivity contribution is 8.13. The van der Waals surface area contributed by atoms with Gasteiger partial charge in [-0.1, -0.05) is 0 Å². The molecule has 0 amide bonds. The van der Waals surface area contributed by atoms with E-state index in [0.717, 1.165) is 0 Å². The molecule has 0 unspecified atom stereocenters. The second kappa shape index (κ2) is 3.02. The number of hydrogen-bond donors (Lipinski definition) is 0. The Hall–Kier alpha value is -0.620. The molecule has 0 spiro atoms. The number of rotatable bonds is 2. The highest BCUT2D eigenvalue weighted by atomic mass is 35.7. The number of halogens is 3. The molecule has 0 saturated carbocycles. The van der Waals surface area contributed by atoms with E-state index in [0.29, 0.717) is 12.3 Å². The second-order valence-electron chi connectivity index (χ2n) is 1.92. The van der Waals surface area contributed by atoms with E-state index in [1.165, 1.54) is 0 Å². The minimum absolute atomic E-state index is 0.459. The summed E-state index contributed by atoms with van der Waals surface area (Å²) in [5.74, 6) is -0.714. The Kier molecular flexibility index (Phi) is 2.39. The third-order valence-corrected chi connectivity index (χ3v) is 2.40. The monoisotopic (exact) mass is 216 g/mol. The Morgan fingerprint density at radius 2 is 2.08 bits per heavy atom. The molecule has 3 nitrogen and oxygen atoms in total. The van der Waals surface area contributed by atoms with Crippen molar-refractivity contribution < 1.29 is 21.6 Å². The van der Waals surface area contributed by atoms with Crippen LogP contribution in [0.4, 0.5) is 8.78 Å². The Balaban J connectivity index is 3.09. The summed E-state index contributed by atoms with van der Waals surface area (Å²) in [5, 5.41) is 0. The van der Waals surface area contributed by atoms with Gasteiger partial charge in [0.15, 0.2) is 5.76 Å². The summed E-state index contributed by atoms with van der Waals surface area (Å²) in [7, 11) is 0.874. The molecular formula is C5H3ClF2O3S. The lowest BCUT2D eigenvalue weighted by Crippen LogP contribution is -1.86. The predicted octanol–water partition coefficient (Wildman–Crippen LogP) is 2.14. The standard InChI is InChI=1S/C5H3ClF2O3S/c6-12(9,10)3-1-4(5(7)8)11-2-3/h1-2,5H. The van der Waals surface area contributed by atoms with Crippen molar-refractivity contribution in [3.63, 3.8) is 0 Å². The van der Waals surface area contributed by atoms with Crippen LogP contribution in [0.1, 0.15) is 12.2 Å². The van der Waals surface area contributed by atoms with Crippen molar-refractivity contribution in [2.75, 3.05) is 0 Å². The molecular weight excluding hydrogens is 214 g/mol. The summed E-state index contributed by atoms with van der Waals surface area (Å²) in [6.45, 7) is 0. The second-order valence-corrected chi connectivity index (χ2v) is 4.49. The summed E-state index contributed by atoms with van der Waals surface area (Å²) in [5.41, 5.74) is 0. The zero-order valence-corrected chi connectivity index (χ0v) is 7.07. The summed E-state index contributed by atoms with van der Waals surface area (Å²) in [6, 6.07) is 0.688. The maximum atomic E-state index is 11.8. The van der Waals surface area contributed by atoms with Crippen molar-refractivity contribution in [2.45, 2.75) is 11.3 Å². The molecule has 0 aliphatic heterocycles. The zero-order valence-electron chi connectivity index (χ0n) is 5.50. The van der Waals surface area contributed by atoms with Gasteiger partial charge in [0.25, 0.3) is 15.5 Å². The van der Waals surface area contributed by atoms with Crippen LogP contribution in [0, 0.1) is 0 Å². The van der Waals surface area contributed by atoms with Crippen LogP contribution in [0.25, 0.3) is 0 Å². The third kappa shape index (κ3) is 1.95. The van der Waals surface area contributed by atoms with Crippen LogP contribution in [0.3, 0.4) is 0 Å². The van der Waals surface area contributed by atoms with Gasteiger partial charge in [0.1, 0.15) is 11.2 Å². The molecule has 0 aliphatic rings. The first kappa shape index (κ1) is 9.47. The van der Waals surface area contributed by atoms with E-state index in [9.17, 15) is 17.2 Å². The Labute approximate surface area is 71.4 Å². The molecule has 0 radical (unpaired) electrons. The van der Waals surface area contributed by atoms with Gasteiger partial charge < -0.3 is 4.42 Å². The first-order valence-corrected chi connectivity index (χ1v) is 5.03. The van der Waals surface area contributed by atoms with Crippen molar-refractivity contribution >= 4 is 19.7 Å². The summed E-state index contributed by atoms with van der Waals surface area (Å²) in [6.07, 6.45) is -2.17. The molecule has 1 aromatic rings. The van der Waals surface area contributed by atoms with Gasteiger partial charge in [0.05, 0.1) is 0 Å². The smallest absolute Gasteiger partial charge is 0.295 e. The van der Waals surface area contributed by atoms with Crippen LogP contribution < -0.4 is 0 Å². The van der Waals surface area contributed by atoms with Gasteiger partial charge in [-0.15, -0.1) is 0 Å². The summed E-state index contributed by atoms with van der Waals surface area (Å²) in [4.78, 5) is -0.459. The molecule has 7 heteroatoms. The molecule has 1 aromatic heterocycles. The fourth-order valence-electron chi connectivity index (χ4n) is 0.577. The van der Waals surface area contributed by atoms with E-state index in [1.54, 1.807) is 0 Å². The predicted molar refractivity (Wildman–Crippen MR) is 36.7 cm³/mol. The molecule has 1 heterocycles. The molecule has 68 valence electrons. The van der Waals surface area contributed by atoms with Crippen molar-refractivity contribution in [3.05, 3.63) is 18.1 Å². The van der Waals surface area contributed by atoms with Crippen molar-refractivity contribution in [1.82, 2.24) is 0 Å². The van der Waals surface area contributed by atoms with Gasteiger partial charge in [-0.2, -0.15) is 0 Å². The Morgan fingerprint density at radius 3 is 2.33 bits per heavy atom. The lowest BCUT2D eigenvalue weighted by atomic mass is 10.5. The SMILES string of the molecule is O=S(=O)(Cl)c1coc(C(F)F)c1. The number of furan rings is 1. The van der Waals surface area contributed by atoms with Crippen molar-refractivity contribution in [1.29, 1.82) is 0 Å². The van der Waals surface area contributed by atoms with Gasteiger partial charge in [-0.25, -0.2) is 17.2 Å². The third-order valence-electron chi connectivity index (χ3n) is 1.09. The van der Waals surface area contributed by atoms with E-state index in [4.69, 9.17) is 10.7 Å². The van der Waals surface area contributed by atoms with E-state index in [2.05, 4.69) is 4.42 Å². The minimum atomic E-state index is -3.97. The van der Waals surface area contributed by atoms with Gasteiger partial charge in [-0.05, 0) is 0 Å². The van der Waals surface area contributed by atoms with Gasteiger partial charge in [-0.3, -0.25) is 0 Å². The molecule has 0 N–H and O–H groups in total. The average Bonchev–Trinajstić information content (AvgIpc) is 2.30. The van der Waals surface area contributed by atoms with Crippen LogP contribution in [0.5, 0.6) is 0 Å². The Morgan fingerprint density at radius 1 is 1.50 bits per heavy atom. The molecule has 0 fully saturated rings. The first-order chi connectivity index (χ1) is 5.41. The lowest BCUT2D eigenvalue weighted by Gasteiger charge is -1.87. The van der Waals surface area contributed by atoms with E-state index in [1.807, 2.05) is 0 Å². The summed E-state index contributed by atoms with van der Waals surface area (Å²) >= 11 is 0. The van der Waals surface area contributed by atoms with Crippen LogP contribution >= 0.6 is 10.7 Å². The number of hydrogen-bond acceptors (Lipinski definition) is 3. The average molecular weight is 217 g/mol. The van der Waals surface area contributed by atoms with Crippen LogP contribution in [-0.4, -0.2) is 8.42 Å². The molecule has 0 saturated heterocycles. The topological polar surface area (TPSA) is 47.3 Å². The van der Waals surface area contributed by atoms with Gasteiger partial charge in [0.2, 0.25) is 0 Å². The lowest BCUT2D eigenvalue weighted by molar-refractivity contribution is 0.122. The molecule has 0 atom stereocenters. The van der Waals surface area contributed by atoms with Gasteiger partial charge in [0, 0.05) is 16.7 Å². The zero-order chi connectivity index (χ0) is 9.35. The van der Waals surface area contributed by atoms with Gasteiger partial charge >= 0.3 is 0 Å². The van der Waals surface area contributed by atoms with E-state index >= 15 is 0 Å². The van der Waals surface area contributed by atoms with Crippen LogP contribution in [-0.2, 0) is 9.05 Å². The maximum absolute atomic E-state index is 11.8. The van der Waals surface area contributed by atoms with Crippen LogP contribution in [0.15, 0.2) is 21.6 Å². The molecule has 0 aliphatic carbocycles. The molecule has 0 bridgehead atoms. The normalized spacial score (nSPS) is 12.3. The van der Waals surface area contributed by atoms with Crippen LogP contribution in [0.2, 0.25) is 0 Å². The van der Waals surface area contributed by atoms with Crippen molar-refractivity contribution in [2.24, 2.45) is 0 Å². The Bertz CT molecular complexity index is 370. The maximum Gasteiger partial charge on any atom is 0.295 e. The van der Waals surface area contributed by atoms with E-state index in [-0.39, 0.29) is 0 Å². The highest BCUT2D eigenvalue weighted by Gasteiger charge is 2.18. The first-order valence-electron chi connectivity index (χ1n) is 2.72. The quantitative estimate of drug-likeness (QED) is 0.712.